The van der Waals surface area contributed by atoms with Crippen molar-refractivity contribution in [3.05, 3.63) is 47.8 Å². The second-order valence-corrected chi connectivity index (χ2v) is 6.06. The highest BCUT2D eigenvalue weighted by atomic mass is 19.1. The molecule has 2 bridgehead atoms. The van der Waals surface area contributed by atoms with Crippen molar-refractivity contribution in [2.75, 3.05) is 6.54 Å². The Labute approximate surface area is 114 Å². The molecule has 0 spiro atoms. The number of allylic oxidation sites excluding steroid dienone is 2. The molecular formula is C17H22FN. The van der Waals surface area contributed by atoms with Gasteiger partial charge in [-0.05, 0) is 68.2 Å². The van der Waals surface area contributed by atoms with Crippen LogP contribution in [0.5, 0.6) is 0 Å². The van der Waals surface area contributed by atoms with Crippen molar-refractivity contribution >= 4 is 0 Å². The van der Waals surface area contributed by atoms with E-state index in [2.05, 4.69) is 24.4 Å². The first-order chi connectivity index (χ1) is 9.22. The van der Waals surface area contributed by atoms with Crippen molar-refractivity contribution in [3.63, 3.8) is 0 Å². The van der Waals surface area contributed by atoms with Gasteiger partial charge < -0.3 is 5.32 Å². The van der Waals surface area contributed by atoms with E-state index in [1.54, 1.807) is 12.1 Å². The fourth-order valence-corrected chi connectivity index (χ4v) is 3.64. The number of hydrogen-bond donors (Lipinski definition) is 1. The third kappa shape index (κ3) is 2.89. The summed E-state index contributed by atoms with van der Waals surface area (Å²) in [6.45, 7) is 3.29. The summed E-state index contributed by atoms with van der Waals surface area (Å²) in [4.78, 5) is 0. The van der Waals surface area contributed by atoms with Crippen molar-refractivity contribution in [1.29, 1.82) is 0 Å². The molecule has 1 fully saturated rings. The van der Waals surface area contributed by atoms with Gasteiger partial charge in [0, 0.05) is 6.04 Å². The van der Waals surface area contributed by atoms with Gasteiger partial charge in [0.05, 0.1) is 0 Å². The molecule has 0 heterocycles. The van der Waals surface area contributed by atoms with E-state index in [4.69, 9.17) is 0 Å². The van der Waals surface area contributed by atoms with Gasteiger partial charge in [-0.25, -0.2) is 4.39 Å². The Kier molecular flexibility index (Phi) is 3.69. The molecule has 1 aromatic rings. The van der Waals surface area contributed by atoms with Gasteiger partial charge in [-0.3, -0.25) is 0 Å². The summed E-state index contributed by atoms with van der Waals surface area (Å²) in [5.74, 6) is 2.30. The maximum atomic E-state index is 12.8. The minimum atomic E-state index is -0.154. The Morgan fingerprint density at radius 2 is 2.00 bits per heavy atom. The molecule has 2 aliphatic rings. The van der Waals surface area contributed by atoms with E-state index in [9.17, 15) is 4.39 Å². The van der Waals surface area contributed by atoms with E-state index >= 15 is 0 Å². The van der Waals surface area contributed by atoms with Crippen LogP contribution in [0.2, 0.25) is 0 Å². The Hall–Kier alpha value is -1.15. The maximum Gasteiger partial charge on any atom is 0.123 e. The molecule has 2 aliphatic carbocycles. The standard InChI is InChI=1S/C17H22FN/c1-12(17-11-14-2-5-15(17)10-14)19-9-8-13-3-6-16(18)7-4-13/h2-7,12,14-15,17,19H,8-11H2,1H3. The molecule has 4 atom stereocenters. The van der Waals surface area contributed by atoms with Crippen LogP contribution in [0.25, 0.3) is 0 Å². The first-order valence-electron chi connectivity index (χ1n) is 7.38. The van der Waals surface area contributed by atoms with Gasteiger partial charge in [0.15, 0.2) is 0 Å². The topological polar surface area (TPSA) is 12.0 Å². The highest BCUT2D eigenvalue weighted by Crippen LogP contribution is 2.44. The lowest BCUT2D eigenvalue weighted by Crippen LogP contribution is -2.36. The summed E-state index contributed by atoms with van der Waals surface area (Å²) < 4.78 is 12.8. The van der Waals surface area contributed by atoms with E-state index in [0.717, 1.165) is 30.7 Å². The summed E-state index contributed by atoms with van der Waals surface area (Å²) in [5.41, 5.74) is 1.20. The highest BCUT2D eigenvalue weighted by Gasteiger charge is 2.38. The van der Waals surface area contributed by atoms with Crippen LogP contribution < -0.4 is 5.32 Å². The first-order valence-corrected chi connectivity index (χ1v) is 7.38. The Balaban J connectivity index is 1.45. The molecule has 0 saturated heterocycles. The molecule has 1 saturated carbocycles. The molecule has 1 aromatic carbocycles. The molecule has 2 heteroatoms. The number of nitrogens with one attached hydrogen (secondary N) is 1. The van der Waals surface area contributed by atoms with Crippen molar-refractivity contribution in [3.8, 4) is 0 Å². The van der Waals surface area contributed by atoms with Crippen molar-refractivity contribution in [2.45, 2.75) is 32.2 Å². The van der Waals surface area contributed by atoms with Crippen molar-refractivity contribution < 1.29 is 4.39 Å². The summed E-state index contributed by atoms with van der Waals surface area (Å²) in [5, 5.41) is 3.64. The minimum absolute atomic E-state index is 0.154. The molecule has 1 nitrogen and oxygen atoms in total. The zero-order valence-electron chi connectivity index (χ0n) is 11.5. The van der Waals surface area contributed by atoms with Crippen LogP contribution in [-0.2, 0) is 6.42 Å². The van der Waals surface area contributed by atoms with Crippen LogP contribution in [0.15, 0.2) is 36.4 Å². The first kappa shape index (κ1) is 12.9. The van der Waals surface area contributed by atoms with Crippen LogP contribution in [0.4, 0.5) is 4.39 Å². The predicted molar refractivity (Wildman–Crippen MR) is 76.4 cm³/mol. The van der Waals surface area contributed by atoms with Crippen LogP contribution in [0, 0.1) is 23.6 Å². The Morgan fingerprint density at radius 1 is 1.21 bits per heavy atom. The maximum absolute atomic E-state index is 12.8. The number of fused-ring (bicyclic) bond motifs is 2. The summed E-state index contributed by atoms with van der Waals surface area (Å²) in [6.07, 6.45) is 8.51. The van der Waals surface area contributed by atoms with E-state index in [0.29, 0.717) is 6.04 Å². The molecule has 0 radical (unpaired) electrons. The van der Waals surface area contributed by atoms with E-state index in [1.165, 1.54) is 18.4 Å². The number of hydrogen-bond acceptors (Lipinski definition) is 1. The molecule has 0 amide bonds. The average molecular weight is 259 g/mol. The quantitative estimate of drug-likeness (QED) is 0.797. The molecule has 1 N–H and O–H groups in total. The fourth-order valence-electron chi connectivity index (χ4n) is 3.64. The van der Waals surface area contributed by atoms with E-state index in [1.807, 2.05) is 12.1 Å². The molecule has 0 aromatic heterocycles. The number of rotatable bonds is 5. The monoisotopic (exact) mass is 259 g/mol. The fraction of sp³-hybridized carbons (Fsp3) is 0.529. The van der Waals surface area contributed by atoms with Crippen molar-refractivity contribution in [2.24, 2.45) is 17.8 Å². The third-order valence-electron chi connectivity index (χ3n) is 4.77. The zero-order valence-corrected chi connectivity index (χ0v) is 11.5. The van der Waals surface area contributed by atoms with Gasteiger partial charge >= 0.3 is 0 Å². The average Bonchev–Trinajstić information content (AvgIpc) is 3.03. The summed E-state index contributed by atoms with van der Waals surface area (Å²) >= 11 is 0. The van der Waals surface area contributed by atoms with E-state index < -0.39 is 0 Å². The number of benzene rings is 1. The Morgan fingerprint density at radius 3 is 2.63 bits per heavy atom. The van der Waals surface area contributed by atoms with Crippen LogP contribution in [0.1, 0.15) is 25.3 Å². The summed E-state index contributed by atoms with van der Waals surface area (Å²) in [7, 11) is 0. The van der Waals surface area contributed by atoms with Crippen molar-refractivity contribution in [1.82, 2.24) is 5.32 Å². The second kappa shape index (κ2) is 5.46. The molecule has 4 unspecified atom stereocenters. The van der Waals surface area contributed by atoms with Crippen LogP contribution in [0.3, 0.4) is 0 Å². The van der Waals surface area contributed by atoms with Gasteiger partial charge in [0.2, 0.25) is 0 Å². The molecule has 102 valence electrons. The van der Waals surface area contributed by atoms with Gasteiger partial charge in [0.25, 0.3) is 0 Å². The summed E-state index contributed by atoms with van der Waals surface area (Å²) in [6, 6.07) is 7.42. The van der Waals surface area contributed by atoms with Crippen LogP contribution >= 0.6 is 0 Å². The predicted octanol–water partition coefficient (Wildman–Crippen LogP) is 3.56. The van der Waals surface area contributed by atoms with Gasteiger partial charge in [-0.1, -0.05) is 24.3 Å². The zero-order chi connectivity index (χ0) is 13.2. The van der Waals surface area contributed by atoms with Crippen LogP contribution in [-0.4, -0.2) is 12.6 Å². The lowest BCUT2D eigenvalue weighted by Gasteiger charge is -2.26. The molecule has 0 aliphatic heterocycles. The van der Waals surface area contributed by atoms with Gasteiger partial charge in [-0.2, -0.15) is 0 Å². The van der Waals surface area contributed by atoms with Gasteiger partial charge in [-0.15, -0.1) is 0 Å². The highest BCUT2D eigenvalue weighted by molar-refractivity contribution is 5.16. The number of halogens is 1. The minimum Gasteiger partial charge on any atom is -0.314 e. The smallest absolute Gasteiger partial charge is 0.123 e. The molecule has 3 rings (SSSR count). The molecule has 19 heavy (non-hydrogen) atoms. The van der Waals surface area contributed by atoms with Gasteiger partial charge in [0.1, 0.15) is 5.82 Å². The second-order valence-electron chi connectivity index (χ2n) is 6.06. The lowest BCUT2D eigenvalue weighted by atomic mass is 9.87. The largest absolute Gasteiger partial charge is 0.314 e. The normalized spacial score (nSPS) is 29.9. The third-order valence-corrected chi connectivity index (χ3v) is 4.77. The SMILES string of the molecule is CC(NCCc1ccc(F)cc1)C1CC2C=CC1C2. The molecular weight excluding hydrogens is 237 g/mol. The lowest BCUT2D eigenvalue weighted by molar-refractivity contribution is 0.329. The van der Waals surface area contributed by atoms with E-state index in [-0.39, 0.29) is 5.82 Å². The Bertz CT molecular complexity index is 451.